The third kappa shape index (κ3) is 2.44. The van der Waals surface area contributed by atoms with E-state index in [2.05, 4.69) is 34.8 Å². The van der Waals surface area contributed by atoms with Gasteiger partial charge in [-0.1, -0.05) is 60.7 Å². The maximum absolute atomic E-state index is 5.47. The molecule has 0 amide bonds. The summed E-state index contributed by atoms with van der Waals surface area (Å²) >= 11 is 0. The molecule has 2 aromatic carbocycles. The zero-order valence-corrected chi connectivity index (χ0v) is 10.4. The summed E-state index contributed by atoms with van der Waals surface area (Å²) in [5.41, 5.74) is 0. The first-order valence-electron chi connectivity index (χ1n) is 4.84. The largest absolute Gasteiger partial charge is 0.452 e. The third-order valence-corrected chi connectivity index (χ3v) is 5.25. The van der Waals surface area contributed by atoms with Gasteiger partial charge in [-0.3, -0.25) is 0 Å². The fourth-order valence-electron chi connectivity index (χ4n) is 1.58. The number of hydrogen-bond acceptors (Lipinski definition) is 1. The molecule has 0 aliphatic heterocycles. The average Bonchev–Trinajstić information content (AvgIpc) is 2.33. The fourth-order valence-corrected chi connectivity index (χ4v) is 4.20. The minimum Gasteiger partial charge on any atom is -0.452 e. The summed E-state index contributed by atoms with van der Waals surface area (Å²) < 4.78 is 5.47. The van der Waals surface area contributed by atoms with E-state index in [-0.39, 0.29) is 0 Å². The normalized spacial score (nSPS) is 10.5. The third-order valence-electron chi connectivity index (χ3n) is 2.32. The Labute approximate surface area is 95.0 Å². The molecule has 0 aliphatic carbocycles. The first-order chi connectivity index (χ1) is 7.42. The predicted molar refractivity (Wildman–Crippen MR) is 66.1 cm³/mol. The molecule has 0 N–H and O–H groups in total. The van der Waals surface area contributed by atoms with Crippen LogP contribution in [0.1, 0.15) is 0 Å². The van der Waals surface area contributed by atoms with Crippen molar-refractivity contribution in [1.29, 1.82) is 0 Å². The second-order valence-electron chi connectivity index (χ2n) is 3.32. The van der Waals surface area contributed by atoms with Crippen LogP contribution in [0, 0.1) is 0 Å². The van der Waals surface area contributed by atoms with Crippen LogP contribution in [0.3, 0.4) is 0 Å². The minimum absolute atomic E-state index is 1.28. The zero-order chi connectivity index (χ0) is 10.5. The van der Waals surface area contributed by atoms with Crippen molar-refractivity contribution in [2.45, 2.75) is 0 Å². The Morgan fingerprint density at radius 1 is 0.733 bits per heavy atom. The van der Waals surface area contributed by atoms with Crippen molar-refractivity contribution in [2.24, 2.45) is 0 Å². The molecule has 0 aliphatic rings. The van der Waals surface area contributed by atoms with E-state index in [4.69, 9.17) is 4.12 Å². The van der Waals surface area contributed by atoms with Crippen LogP contribution in [0.25, 0.3) is 0 Å². The molecule has 0 atom stereocenters. The Morgan fingerprint density at radius 3 is 1.47 bits per heavy atom. The standard InChI is InChI=1S/C12H11OSi2/c14-13-15(11-7-3-1-4-8-11)12-9-5-2-6-10-12/h1-10,15H. The summed E-state index contributed by atoms with van der Waals surface area (Å²) in [5, 5.41) is 2.55. The lowest BCUT2D eigenvalue weighted by molar-refractivity contribution is 0.661. The van der Waals surface area contributed by atoms with Crippen LogP contribution >= 0.6 is 0 Å². The van der Waals surface area contributed by atoms with E-state index < -0.39 is 9.04 Å². The SMILES string of the molecule is [Si]O[SiH](c1ccccc1)c1ccccc1. The summed E-state index contributed by atoms with van der Waals surface area (Å²) in [6, 6.07) is 20.7. The predicted octanol–water partition coefficient (Wildman–Crippen LogP) is 0.625. The first kappa shape index (κ1) is 10.4. The molecular weight excluding hydrogens is 216 g/mol. The topological polar surface area (TPSA) is 9.23 Å². The van der Waals surface area contributed by atoms with Gasteiger partial charge in [0.05, 0.1) is 0 Å². The van der Waals surface area contributed by atoms with Crippen LogP contribution in [-0.2, 0) is 4.12 Å². The molecule has 0 fully saturated rings. The molecule has 15 heavy (non-hydrogen) atoms. The number of hydrogen-bond donors (Lipinski definition) is 0. The van der Waals surface area contributed by atoms with Crippen molar-refractivity contribution in [3.05, 3.63) is 60.7 Å². The van der Waals surface area contributed by atoms with Gasteiger partial charge < -0.3 is 4.12 Å². The Hall–Kier alpha value is -1.17. The van der Waals surface area contributed by atoms with Crippen molar-refractivity contribution >= 4 is 29.9 Å². The van der Waals surface area contributed by atoms with Gasteiger partial charge in [-0.15, -0.1) is 0 Å². The molecule has 0 heterocycles. The molecule has 73 valence electrons. The smallest absolute Gasteiger partial charge is 0.230 e. The van der Waals surface area contributed by atoms with E-state index in [0.29, 0.717) is 0 Å². The summed E-state index contributed by atoms with van der Waals surface area (Å²) in [6.07, 6.45) is 0. The first-order valence-corrected chi connectivity index (χ1v) is 6.87. The van der Waals surface area contributed by atoms with Crippen LogP contribution in [0.15, 0.2) is 60.7 Å². The Balaban J connectivity index is 2.34. The highest BCUT2D eigenvalue weighted by molar-refractivity contribution is 6.81. The van der Waals surface area contributed by atoms with E-state index in [1.807, 2.05) is 36.4 Å². The van der Waals surface area contributed by atoms with Crippen molar-refractivity contribution in [3.63, 3.8) is 0 Å². The second kappa shape index (κ2) is 5.07. The van der Waals surface area contributed by atoms with Crippen molar-refractivity contribution in [1.82, 2.24) is 0 Å². The van der Waals surface area contributed by atoms with Crippen LogP contribution in [0.2, 0.25) is 0 Å². The zero-order valence-electron chi connectivity index (χ0n) is 8.26. The van der Waals surface area contributed by atoms with Gasteiger partial charge in [-0.05, 0) is 10.4 Å². The second-order valence-corrected chi connectivity index (χ2v) is 6.36. The monoisotopic (exact) mass is 227 g/mol. The maximum atomic E-state index is 5.47. The Bertz CT molecular complexity index is 363. The van der Waals surface area contributed by atoms with E-state index in [1.165, 1.54) is 10.4 Å². The molecule has 0 saturated heterocycles. The van der Waals surface area contributed by atoms with Gasteiger partial charge in [0.15, 0.2) is 0 Å². The summed E-state index contributed by atoms with van der Waals surface area (Å²) in [5.74, 6) is 0. The molecule has 3 heteroatoms. The number of benzene rings is 2. The van der Waals surface area contributed by atoms with Crippen molar-refractivity contribution in [3.8, 4) is 0 Å². The van der Waals surface area contributed by atoms with Gasteiger partial charge >= 0.3 is 0 Å². The lowest BCUT2D eigenvalue weighted by atomic mass is 10.4. The highest BCUT2D eigenvalue weighted by atomic mass is 28.3. The molecular formula is C12H11OSi2. The maximum Gasteiger partial charge on any atom is 0.230 e. The quantitative estimate of drug-likeness (QED) is 0.699. The van der Waals surface area contributed by atoms with Crippen molar-refractivity contribution in [2.75, 3.05) is 0 Å². The molecule has 3 radical (unpaired) electrons. The van der Waals surface area contributed by atoms with Crippen molar-refractivity contribution < 1.29 is 4.12 Å². The Morgan fingerprint density at radius 2 is 1.13 bits per heavy atom. The molecule has 2 aromatic rings. The fraction of sp³-hybridized carbons (Fsp3) is 0. The van der Waals surface area contributed by atoms with Gasteiger partial charge in [-0.25, -0.2) is 0 Å². The molecule has 0 spiro atoms. The lowest BCUT2D eigenvalue weighted by Gasteiger charge is -2.13. The van der Waals surface area contributed by atoms with Crippen LogP contribution in [0.4, 0.5) is 0 Å². The minimum atomic E-state index is -1.52. The highest BCUT2D eigenvalue weighted by Crippen LogP contribution is 1.92. The van der Waals surface area contributed by atoms with Gasteiger partial charge in [0.25, 0.3) is 0 Å². The molecule has 0 saturated carbocycles. The molecule has 0 aromatic heterocycles. The van der Waals surface area contributed by atoms with Crippen LogP contribution in [-0.4, -0.2) is 19.5 Å². The Kier molecular flexibility index (Phi) is 3.50. The van der Waals surface area contributed by atoms with Gasteiger partial charge in [-0.2, -0.15) is 0 Å². The summed E-state index contributed by atoms with van der Waals surface area (Å²) in [6.45, 7) is 0. The van der Waals surface area contributed by atoms with E-state index in [9.17, 15) is 0 Å². The van der Waals surface area contributed by atoms with E-state index in [1.54, 1.807) is 0 Å². The summed E-state index contributed by atoms with van der Waals surface area (Å²) in [7, 11) is 1.68. The van der Waals surface area contributed by atoms with Crippen LogP contribution in [0.5, 0.6) is 0 Å². The van der Waals surface area contributed by atoms with E-state index >= 15 is 0 Å². The molecule has 0 unspecified atom stereocenters. The summed E-state index contributed by atoms with van der Waals surface area (Å²) in [4.78, 5) is 0. The van der Waals surface area contributed by atoms with Gasteiger partial charge in [0, 0.05) is 0 Å². The van der Waals surface area contributed by atoms with Crippen LogP contribution < -0.4 is 10.4 Å². The molecule has 2 rings (SSSR count). The molecule has 0 bridgehead atoms. The van der Waals surface area contributed by atoms with Gasteiger partial charge in [0.2, 0.25) is 19.5 Å². The average molecular weight is 227 g/mol. The number of rotatable bonds is 3. The van der Waals surface area contributed by atoms with Gasteiger partial charge in [0.1, 0.15) is 0 Å². The highest BCUT2D eigenvalue weighted by Gasteiger charge is 2.14. The van der Waals surface area contributed by atoms with E-state index in [0.717, 1.165) is 0 Å². The molecule has 1 nitrogen and oxygen atoms in total. The lowest BCUT2D eigenvalue weighted by Crippen LogP contribution is -2.44.